The first-order valence-electron chi connectivity index (χ1n) is 12.4. The van der Waals surface area contributed by atoms with E-state index in [1.54, 1.807) is 36.5 Å². The summed E-state index contributed by atoms with van der Waals surface area (Å²) in [6.45, 7) is 0.162. The number of para-hydroxylation sites is 1. The zero-order chi connectivity index (χ0) is 26.6. The minimum atomic E-state index is -0.992. The number of carboxylic acids is 1. The first-order chi connectivity index (χ1) is 18.4. The molecule has 3 aromatic carbocycles. The Morgan fingerprint density at radius 2 is 1.74 bits per heavy atom. The number of fused-ring (bicyclic) bond motifs is 1. The molecular formula is C29H25Cl2N3O4. The second-order valence-corrected chi connectivity index (χ2v) is 10.1. The van der Waals surface area contributed by atoms with Crippen molar-refractivity contribution < 1.29 is 14.6 Å². The zero-order valence-electron chi connectivity index (χ0n) is 20.4. The maximum absolute atomic E-state index is 13.4. The van der Waals surface area contributed by atoms with E-state index in [-0.39, 0.29) is 33.7 Å². The molecule has 1 fully saturated rings. The highest BCUT2D eigenvalue weighted by Crippen LogP contribution is 2.35. The number of carbonyl (C=O) groups is 1. The molecule has 1 N–H and O–H groups in total. The molecule has 194 valence electrons. The summed E-state index contributed by atoms with van der Waals surface area (Å²) in [5.41, 5.74) is 2.04. The lowest BCUT2D eigenvalue weighted by Crippen LogP contribution is -2.25. The number of aromatic nitrogens is 2. The predicted molar refractivity (Wildman–Crippen MR) is 149 cm³/mol. The van der Waals surface area contributed by atoms with Crippen LogP contribution in [-0.2, 0) is 6.61 Å². The van der Waals surface area contributed by atoms with Crippen LogP contribution in [0.5, 0.6) is 5.75 Å². The lowest BCUT2D eigenvalue weighted by atomic mass is 9.88. The standard InChI is InChI=1S/C29H25Cl2N3O4/c30-23-14-19(15-24(31)26(23)38-17-18-10-12-21(13-11-18)29(36)37)16-32-34-27(20-6-2-1-3-7-20)33-25-9-5-4-8-22(25)28(34)35/h4-5,8-16,20H,1-3,6-7,17H2,(H,36,37). The predicted octanol–water partition coefficient (Wildman–Crippen LogP) is 6.91. The molecule has 7 nitrogen and oxygen atoms in total. The molecule has 5 rings (SSSR count). The van der Waals surface area contributed by atoms with E-state index in [9.17, 15) is 9.59 Å². The average molecular weight is 550 g/mol. The summed E-state index contributed by atoms with van der Waals surface area (Å²) in [5.74, 6) is 0.162. The lowest BCUT2D eigenvalue weighted by molar-refractivity contribution is 0.0697. The van der Waals surface area contributed by atoms with Gasteiger partial charge in [-0.3, -0.25) is 4.79 Å². The molecular weight excluding hydrogens is 525 g/mol. The number of nitrogens with zero attached hydrogens (tertiary/aromatic N) is 3. The van der Waals surface area contributed by atoms with Gasteiger partial charge in [-0.25, -0.2) is 9.78 Å². The Morgan fingerprint density at radius 1 is 1.05 bits per heavy atom. The third-order valence-corrected chi connectivity index (χ3v) is 7.24. The molecule has 0 bridgehead atoms. The number of rotatable bonds is 7. The SMILES string of the molecule is O=C(O)c1ccc(COc2c(Cl)cc(C=Nn3c(C4CCCCC4)nc4ccccc4c3=O)cc2Cl)cc1. The van der Waals surface area contributed by atoms with Crippen molar-refractivity contribution in [2.75, 3.05) is 0 Å². The van der Waals surface area contributed by atoms with Crippen molar-refractivity contribution in [1.82, 2.24) is 9.66 Å². The van der Waals surface area contributed by atoms with Gasteiger partial charge in [-0.15, -0.1) is 0 Å². The van der Waals surface area contributed by atoms with Crippen LogP contribution in [0.3, 0.4) is 0 Å². The van der Waals surface area contributed by atoms with E-state index in [0.717, 1.165) is 31.2 Å². The highest BCUT2D eigenvalue weighted by atomic mass is 35.5. The van der Waals surface area contributed by atoms with Crippen molar-refractivity contribution in [1.29, 1.82) is 0 Å². The van der Waals surface area contributed by atoms with Gasteiger partial charge in [0.25, 0.3) is 5.56 Å². The highest BCUT2D eigenvalue weighted by Gasteiger charge is 2.22. The third kappa shape index (κ3) is 5.59. The van der Waals surface area contributed by atoms with E-state index in [1.807, 2.05) is 18.2 Å². The Balaban J connectivity index is 1.41. The summed E-state index contributed by atoms with van der Waals surface area (Å²) in [6.07, 6.45) is 6.90. The first kappa shape index (κ1) is 25.9. The smallest absolute Gasteiger partial charge is 0.335 e. The molecule has 0 amide bonds. The van der Waals surface area contributed by atoms with Gasteiger partial charge in [0.05, 0.1) is 32.7 Å². The number of benzene rings is 3. The summed E-state index contributed by atoms with van der Waals surface area (Å²) in [7, 11) is 0. The fourth-order valence-corrected chi connectivity index (χ4v) is 5.31. The Labute approximate surface area is 229 Å². The summed E-state index contributed by atoms with van der Waals surface area (Å²) < 4.78 is 7.22. The summed E-state index contributed by atoms with van der Waals surface area (Å²) >= 11 is 13.0. The monoisotopic (exact) mass is 549 g/mol. The van der Waals surface area contributed by atoms with Gasteiger partial charge < -0.3 is 9.84 Å². The molecule has 0 saturated heterocycles. The molecule has 4 aromatic rings. The third-order valence-electron chi connectivity index (χ3n) is 6.68. The molecule has 0 spiro atoms. The van der Waals surface area contributed by atoms with Crippen LogP contribution in [0.25, 0.3) is 10.9 Å². The van der Waals surface area contributed by atoms with E-state index in [0.29, 0.717) is 28.0 Å². The molecule has 1 saturated carbocycles. The first-order valence-corrected chi connectivity index (χ1v) is 13.2. The second-order valence-electron chi connectivity index (χ2n) is 9.29. The van der Waals surface area contributed by atoms with Crippen molar-refractivity contribution in [3.05, 3.63) is 104 Å². The normalized spacial score (nSPS) is 14.3. The largest absolute Gasteiger partial charge is 0.486 e. The quantitative estimate of drug-likeness (QED) is 0.253. The van der Waals surface area contributed by atoms with Gasteiger partial charge in [-0.1, -0.05) is 66.7 Å². The molecule has 38 heavy (non-hydrogen) atoms. The Morgan fingerprint density at radius 3 is 2.42 bits per heavy atom. The van der Waals surface area contributed by atoms with Crippen molar-refractivity contribution in [2.24, 2.45) is 5.10 Å². The van der Waals surface area contributed by atoms with Gasteiger partial charge in [-0.2, -0.15) is 9.78 Å². The van der Waals surface area contributed by atoms with Gasteiger partial charge in [0.15, 0.2) is 5.75 Å². The van der Waals surface area contributed by atoms with Crippen LogP contribution < -0.4 is 10.3 Å². The fraction of sp³-hybridized carbons (Fsp3) is 0.241. The number of halogens is 2. The van der Waals surface area contributed by atoms with Crippen LogP contribution in [0.2, 0.25) is 10.0 Å². The van der Waals surface area contributed by atoms with Crippen LogP contribution in [0.1, 0.15) is 65.3 Å². The van der Waals surface area contributed by atoms with E-state index in [1.165, 1.54) is 23.2 Å². The lowest BCUT2D eigenvalue weighted by Gasteiger charge is -2.22. The molecule has 0 radical (unpaired) electrons. The zero-order valence-corrected chi connectivity index (χ0v) is 22.0. The van der Waals surface area contributed by atoms with Crippen molar-refractivity contribution >= 4 is 46.3 Å². The molecule has 0 unspecified atom stereocenters. The van der Waals surface area contributed by atoms with Gasteiger partial charge in [0.1, 0.15) is 12.4 Å². The van der Waals surface area contributed by atoms with Crippen LogP contribution in [0.4, 0.5) is 0 Å². The molecule has 1 heterocycles. The van der Waals surface area contributed by atoms with Gasteiger partial charge in [0, 0.05) is 5.92 Å². The maximum Gasteiger partial charge on any atom is 0.335 e. The van der Waals surface area contributed by atoms with Crippen molar-refractivity contribution in [3.8, 4) is 5.75 Å². The van der Waals surface area contributed by atoms with Gasteiger partial charge >= 0.3 is 5.97 Å². The van der Waals surface area contributed by atoms with Gasteiger partial charge in [-0.05, 0) is 60.4 Å². The molecule has 1 aromatic heterocycles. The molecule has 1 aliphatic carbocycles. The summed E-state index contributed by atoms with van der Waals surface area (Å²) in [6, 6.07) is 17.0. The maximum atomic E-state index is 13.4. The number of carboxylic acid groups (broad SMARTS) is 1. The summed E-state index contributed by atoms with van der Waals surface area (Å²) in [4.78, 5) is 29.3. The average Bonchev–Trinajstić information content (AvgIpc) is 2.93. The Bertz CT molecular complexity index is 1550. The Hall–Kier alpha value is -3.68. The van der Waals surface area contributed by atoms with Gasteiger partial charge in [0.2, 0.25) is 0 Å². The summed E-state index contributed by atoms with van der Waals surface area (Å²) in [5, 5.41) is 14.7. The highest BCUT2D eigenvalue weighted by molar-refractivity contribution is 6.37. The van der Waals surface area contributed by atoms with Crippen LogP contribution in [-0.4, -0.2) is 27.0 Å². The van der Waals surface area contributed by atoms with E-state index >= 15 is 0 Å². The molecule has 9 heteroatoms. The molecule has 0 atom stereocenters. The number of hydrogen-bond donors (Lipinski definition) is 1. The van der Waals surface area contributed by atoms with Crippen LogP contribution in [0, 0.1) is 0 Å². The number of hydrogen-bond acceptors (Lipinski definition) is 5. The minimum Gasteiger partial charge on any atom is -0.486 e. The Kier molecular flexibility index (Phi) is 7.77. The van der Waals surface area contributed by atoms with Crippen molar-refractivity contribution in [3.63, 3.8) is 0 Å². The van der Waals surface area contributed by atoms with E-state index < -0.39 is 5.97 Å². The van der Waals surface area contributed by atoms with Crippen LogP contribution >= 0.6 is 23.2 Å². The molecule has 0 aliphatic heterocycles. The topological polar surface area (TPSA) is 93.8 Å². The fourth-order valence-electron chi connectivity index (χ4n) is 4.69. The van der Waals surface area contributed by atoms with E-state index in [4.69, 9.17) is 38.0 Å². The van der Waals surface area contributed by atoms with Crippen molar-refractivity contribution in [2.45, 2.75) is 44.6 Å². The number of ether oxygens (including phenoxy) is 1. The minimum absolute atomic E-state index is 0.162. The molecule has 1 aliphatic rings. The number of aromatic carboxylic acids is 1. The second kappa shape index (κ2) is 11.4. The van der Waals surface area contributed by atoms with E-state index in [2.05, 4.69) is 5.10 Å². The van der Waals surface area contributed by atoms with Crippen LogP contribution in [0.15, 0.2) is 70.6 Å².